The smallest absolute Gasteiger partial charge is 0.274 e. The minimum atomic E-state index is -0.330. The van der Waals surface area contributed by atoms with Gasteiger partial charge in [0.15, 0.2) is 0 Å². The fraction of sp³-hybridized carbons (Fsp3) is 0.227. The molecule has 0 radical (unpaired) electrons. The molecule has 8 nitrogen and oxygen atoms in total. The number of nitrogens with zero attached hydrogens (tertiary/aromatic N) is 6. The molecule has 150 valence electrons. The van der Waals surface area contributed by atoms with Crippen LogP contribution in [0, 0.1) is 18.3 Å². The van der Waals surface area contributed by atoms with Gasteiger partial charge in [-0.2, -0.15) is 5.26 Å². The largest absolute Gasteiger partial charge is 0.353 e. The Morgan fingerprint density at radius 2 is 1.77 bits per heavy atom. The maximum absolute atomic E-state index is 12.7. The fourth-order valence-corrected chi connectivity index (χ4v) is 3.40. The van der Waals surface area contributed by atoms with Gasteiger partial charge >= 0.3 is 0 Å². The number of carbonyl (C=O) groups is 1. The van der Waals surface area contributed by atoms with Crippen molar-refractivity contribution in [2.24, 2.45) is 0 Å². The van der Waals surface area contributed by atoms with E-state index < -0.39 is 0 Å². The van der Waals surface area contributed by atoms with Crippen molar-refractivity contribution < 1.29 is 4.79 Å². The van der Waals surface area contributed by atoms with Crippen LogP contribution in [0.2, 0.25) is 0 Å². The standard InChI is InChI=1S/C22H21N7O/c1-16-25-19(22(30)27-18-6-4-5-17(13-18)15-23)14-21(26-16)29-11-9-28(10-12-29)20-7-2-3-8-24-20/h2-8,13-14H,9-12H2,1H3,(H,27,30). The number of nitriles is 1. The van der Waals surface area contributed by atoms with E-state index in [0.29, 0.717) is 22.8 Å². The van der Waals surface area contributed by atoms with E-state index in [4.69, 9.17) is 5.26 Å². The summed E-state index contributed by atoms with van der Waals surface area (Å²) in [6, 6.07) is 16.5. The number of benzene rings is 1. The Labute approximate surface area is 174 Å². The molecule has 1 aromatic carbocycles. The van der Waals surface area contributed by atoms with E-state index in [1.807, 2.05) is 18.2 Å². The summed E-state index contributed by atoms with van der Waals surface area (Å²) in [5, 5.41) is 11.8. The van der Waals surface area contributed by atoms with E-state index in [-0.39, 0.29) is 5.91 Å². The highest BCUT2D eigenvalue weighted by Crippen LogP contribution is 2.19. The highest BCUT2D eigenvalue weighted by Gasteiger charge is 2.21. The minimum Gasteiger partial charge on any atom is -0.353 e. The molecular weight excluding hydrogens is 378 g/mol. The van der Waals surface area contributed by atoms with E-state index in [1.165, 1.54) is 0 Å². The molecule has 4 rings (SSSR count). The van der Waals surface area contributed by atoms with Crippen LogP contribution in [0.5, 0.6) is 0 Å². The van der Waals surface area contributed by atoms with Gasteiger partial charge in [0.25, 0.3) is 5.91 Å². The first-order valence-corrected chi connectivity index (χ1v) is 9.70. The van der Waals surface area contributed by atoms with Crippen molar-refractivity contribution in [1.29, 1.82) is 5.26 Å². The molecule has 0 aliphatic carbocycles. The topological polar surface area (TPSA) is 98.0 Å². The second-order valence-electron chi connectivity index (χ2n) is 6.97. The summed E-state index contributed by atoms with van der Waals surface area (Å²) in [5.74, 6) is 1.91. The Morgan fingerprint density at radius 3 is 2.47 bits per heavy atom. The summed E-state index contributed by atoms with van der Waals surface area (Å²) >= 11 is 0. The zero-order valence-corrected chi connectivity index (χ0v) is 16.6. The number of hydrogen-bond acceptors (Lipinski definition) is 7. The van der Waals surface area contributed by atoms with Crippen LogP contribution < -0.4 is 15.1 Å². The molecule has 2 aromatic heterocycles. The van der Waals surface area contributed by atoms with Crippen LogP contribution in [0.25, 0.3) is 0 Å². The molecule has 8 heteroatoms. The monoisotopic (exact) mass is 399 g/mol. The first-order chi connectivity index (χ1) is 14.6. The Kier molecular flexibility index (Phi) is 5.52. The highest BCUT2D eigenvalue weighted by atomic mass is 16.1. The normalized spacial score (nSPS) is 13.6. The Hall–Kier alpha value is -3.99. The summed E-state index contributed by atoms with van der Waals surface area (Å²) in [6.07, 6.45) is 1.80. The van der Waals surface area contributed by atoms with Gasteiger partial charge < -0.3 is 15.1 Å². The fourth-order valence-electron chi connectivity index (χ4n) is 3.40. The van der Waals surface area contributed by atoms with E-state index in [2.05, 4.69) is 36.1 Å². The molecule has 0 spiro atoms. The Balaban J connectivity index is 1.47. The van der Waals surface area contributed by atoms with Crippen molar-refractivity contribution in [3.05, 3.63) is 71.8 Å². The predicted molar refractivity (Wildman–Crippen MR) is 115 cm³/mol. The molecule has 1 aliphatic heterocycles. The highest BCUT2D eigenvalue weighted by molar-refractivity contribution is 6.03. The number of anilines is 3. The van der Waals surface area contributed by atoms with Gasteiger partial charge in [0, 0.05) is 44.1 Å². The molecule has 1 saturated heterocycles. The molecule has 30 heavy (non-hydrogen) atoms. The molecule has 3 aromatic rings. The van der Waals surface area contributed by atoms with Crippen molar-refractivity contribution in [3.63, 3.8) is 0 Å². The number of hydrogen-bond donors (Lipinski definition) is 1. The van der Waals surface area contributed by atoms with E-state index >= 15 is 0 Å². The summed E-state index contributed by atoms with van der Waals surface area (Å²) in [6.45, 7) is 4.97. The van der Waals surface area contributed by atoms with Crippen LogP contribution in [0.15, 0.2) is 54.7 Å². The zero-order valence-electron chi connectivity index (χ0n) is 16.6. The third kappa shape index (κ3) is 4.36. The molecule has 1 amide bonds. The molecule has 1 fully saturated rings. The summed E-state index contributed by atoms with van der Waals surface area (Å²) in [4.78, 5) is 30.3. The lowest BCUT2D eigenvalue weighted by Crippen LogP contribution is -2.47. The van der Waals surface area contributed by atoms with Crippen LogP contribution in [0.3, 0.4) is 0 Å². The predicted octanol–water partition coefficient (Wildman–Crippen LogP) is 2.63. The number of carbonyl (C=O) groups excluding carboxylic acids is 1. The number of aromatic nitrogens is 3. The molecule has 0 bridgehead atoms. The maximum atomic E-state index is 12.7. The first kappa shape index (κ1) is 19.3. The van der Waals surface area contributed by atoms with Crippen molar-refractivity contribution in [2.75, 3.05) is 41.3 Å². The number of amides is 1. The lowest BCUT2D eigenvalue weighted by molar-refractivity contribution is 0.102. The van der Waals surface area contributed by atoms with Gasteiger partial charge in [0.05, 0.1) is 11.6 Å². The second-order valence-corrected chi connectivity index (χ2v) is 6.97. The number of pyridine rings is 1. The molecule has 3 heterocycles. The number of piperazine rings is 1. The third-order valence-corrected chi connectivity index (χ3v) is 4.88. The van der Waals surface area contributed by atoms with Crippen molar-refractivity contribution in [1.82, 2.24) is 15.0 Å². The van der Waals surface area contributed by atoms with Crippen LogP contribution in [0.1, 0.15) is 21.9 Å². The van der Waals surface area contributed by atoms with Crippen LogP contribution >= 0.6 is 0 Å². The van der Waals surface area contributed by atoms with Crippen LogP contribution in [-0.4, -0.2) is 47.0 Å². The molecule has 0 unspecified atom stereocenters. The SMILES string of the molecule is Cc1nc(C(=O)Nc2cccc(C#N)c2)cc(N2CCN(c3ccccn3)CC2)n1. The molecular formula is C22H21N7O. The van der Waals surface area contributed by atoms with E-state index in [1.54, 1.807) is 43.5 Å². The van der Waals surface area contributed by atoms with Gasteiger partial charge in [-0.3, -0.25) is 4.79 Å². The molecule has 0 saturated carbocycles. The van der Waals surface area contributed by atoms with Crippen molar-refractivity contribution in [3.8, 4) is 6.07 Å². The van der Waals surface area contributed by atoms with Gasteiger partial charge in [-0.15, -0.1) is 0 Å². The minimum absolute atomic E-state index is 0.298. The third-order valence-electron chi connectivity index (χ3n) is 4.88. The second kappa shape index (κ2) is 8.57. The molecule has 1 N–H and O–H groups in total. The Bertz CT molecular complexity index is 1090. The quantitative estimate of drug-likeness (QED) is 0.720. The van der Waals surface area contributed by atoms with Gasteiger partial charge in [-0.1, -0.05) is 12.1 Å². The van der Waals surface area contributed by atoms with Crippen LogP contribution in [-0.2, 0) is 0 Å². The Morgan fingerprint density at radius 1 is 1.00 bits per heavy atom. The lowest BCUT2D eigenvalue weighted by Gasteiger charge is -2.36. The van der Waals surface area contributed by atoms with Gasteiger partial charge in [0.1, 0.15) is 23.2 Å². The molecule has 1 aliphatic rings. The number of rotatable bonds is 4. The van der Waals surface area contributed by atoms with E-state index in [0.717, 1.165) is 37.8 Å². The maximum Gasteiger partial charge on any atom is 0.274 e. The number of nitrogens with one attached hydrogen (secondary N) is 1. The summed E-state index contributed by atoms with van der Waals surface area (Å²) < 4.78 is 0. The van der Waals surface area contributed by atoms with Crippen LogP contribution in [0.4, 0.5) is 17.3 Å². The van der Waals surface area contributed by atoms with Gasteiger partial charge in [-0.25, -0.2) is 15.0 Å². The average Bonchev–Trinajstić information content (AvgIpc) is 2.79. The zero-order chi connectivity index (χ0) is 20.9. The van der Waals surface area contributed by atoms with E-state index in [9.17, 15) is 4.79 Å². The molecule has 0 atom stereocenters. The van der Waals surface area contributed by atoms with Crippen molar-refractivity contribution >= 4 is 23.2 Å². The van der Waals surface area contributed by atoms with Gasteiger partial charge in [0.2, 0.25) is 0 Å². The number of aryl methyl sites for hydroxylation is 1. The summed E-state index contributed by atoms with van der Waals surface area (Å²) in [5.41, 5.74) is 1.34. The lowest BCUT2D eigenvalue weighted by atomic mass is 10.2. The van der Waals surface area contributed by atoms with Gasteiger partial charge in [-0.05, 0) is 37.3 Å². The first-order valence-electron chi connectivity index (χ1n) is 9.70. The summed E-state index contributed by atoms with van der Waals surface area (Å²) in [7, 11) is 0. The average molecular weight is 399 g/mol. The van der Waals surface area contributed by atoms with Crippen molar-refractivity contribution in [2.45, 2.75) is 6.92 Å².